The Bertz CT molecular complexity index is 224. The lowest BCUT2D eigenvalue weighted by Gasteiger charge is -2.11. The molecule has 0 aromatic heterocycles. The number of allylic oxidation sites excluding steroid dienone is 1. The van der Waals surface area contributed by atoms with Crippen LogP contribution in [0.15, 0.2) is 11.6 Å². The molecule has 0 aliphatic rings. The summed E-state index contributed by atoms with van der Waals surface area (Å²) in [5, 5.41) is 4.81. The molecular weight excluding hydrogens is 202 g/mol. The molecule has 0 aliphatic carbocycles. The SMILES string of the molecule is CCCC=C(C)C(=O)NCCCNN(C)C. The summed E-state index contributed by atoms with van der Waals surface area (Å²) in [6, 6.07) is 0. The Labute approximate surface area is 99.1 Å². The fraction of sp³-hybridized carbons (Fsp3) is 0.750. The van der Waals surface area contributed by atoms with Crippen LogP contribution in [0.5, 0.6) is 0 Å². The van der Waals surface area contributed by atoms with Gasteiger partial charge in [-0.3, -0.25) is 15.2 Å². The topological polar surface area (TPSA) is 44.4 Å². The molecule has 0 aliphatic heterocycles. The third-order valence-electron chi connectivity index (χ3n) is 2.16. The molecule has 0 unspecified atom stereocenters. The van der Waals surface area contributed by atoms with Crippen molar-refractivity contribution in [1.82, 2.24) is 15.8 Å². The van der Waals surface area contributed by atoms with Gasteiger partial charge >= 0.3 is 0 Å². The summed E-state index contributed by atoms with van der Waals surface area (Å²) in [6.07, 6.45) is 4.98. The van der Waals surface area contributed by atoms with Gasteiger partial charge < -0.3 is 5.32 Å². The molecule has 1 amide bonds. The predicted molar refractivity (Wildman–Crippen MR) is 68.0 cm³/mol. The van der Waals surface area contributed by atoms with Gasteiger partial charge in [0.15, 0.2) is 0 Å². The normalized spacial score (nSPS) is 11.9. The van der Waals surface area contributed by atoms with E-state index in [-0.39, 0.29) is 5.91 Å². The highest BCUT2D eigenvalue weighted by Crippen LogP contribution is 1.97. The number of nitrogens with zero attached hydrogens (tertiary/aromatic N) is 1. The first-order valence-corrected chi connectivity index (χ1v) is 5.93. The Morgan fingerprint density at radius 2 is 2.00 bits per heavy atom. The maximum Gasteiger partial charge on any atom is 0.246 e. The first kappa shape index (κ1) is 15.1. The molecule has 0 spiro atoms. The van der Waals surface area contributed by atoms with E-state index < -0.39 is 0 Å². The van der Waals surface area contributed by atoms with Crippen LogP contribution in [0.4, 0.5) is 0 Å². The number of rotatable bonds is 8. The average molecular weight is 227 g/mol. The van der Waals surface area contributed by atoms with Gasteiger partial charge in [-0.25, -0.2) is 0 Å². The summed E-state index contributed by atoms with van der Waals surface area (Å²) in [4.78, 5) is 11.5. The zero-order valence-electron chi connectivity index (χ0n) is 11.0. The highest BCUT2D eigenvalue weighted by atomic mass is 16.1. The van der Waals surface area contributed by atoms with Gasteiger partial charge in [-0.15, -0.1) is 0 Å². The van der Waals surface area contributed by atoms with Crippen molar-refractivity contribution in [3.8, 4) is 0 Å². The number of hydrogen-bond acceptors (Lipinski definition) is 3. The number of carbonyl (C=O) groups is 1. The van der Waals surface area contributed by atoms with E-state index in [0.717, 1.165) is 37.9 Å². The van der Waals surface area contributed by atoms with Gasteiger partial charge in [-0.2, -0.15) is 0 Å². The molecule has 0 saturated carbocycles. The quantitative estimate of drug-likeness (QED) is 0.373. The molecule has 0 bridgehead atoms. The van der Waals surface area contributed by atoms with E-state index in [2.05, 4.69) is 17.7 Å². The Balaban J connectivity index is 3.57. The van der Waals surface area contributed by atoms with Crippen molar-refractivity contribution in [2.24, 2.45) is 0 Å². The lowest BCUT2D eigenvalue weighted by molar-refractivity contribution is -0.117. The number of amides is 1. The number of carbonyl (C=O) groups excluding carboxylic acids is 1. The van der Waals surface area contributed by atoms with Crippen LogP contribution >= 0.6 is 0 Å². The largest absolute Gasteiger partial charge is 0.352 e. The first-order valence-electron chi connectivity index (χ1n) is 5.93. The minimum atomic E-state index is 0.0540. The van der Waals surface area contributed by atoms with Gasteiger partial charge in [0.25, 0.3) is 0 Å². The van der Waals surface area contributed by atoms with E-state index in [1.165, 1.54) is 0 Å². The second-order valence-electron chi connectivity index (χ2n) is 4.09. The van der Waals surface area contributed by atoms with Crippen LogP contribution in [0.3, 0.4) is 0 Å². The Kier molecular flexibility index (Phi) is 8.85. The fourth-order valence-corrected chi connectivity index (χ4v) is 1.19. The second-order valence-corrected chi connectivity index (χ2v) is 4.09. The summed E-state index contributed by atoms with van der Waals surface area (Å²) >= 11 is 0. The van der Waals surface area contributed by atoms with Crippen LogP contribution in [0, 0.1) is 0 Å². The van der Waals surface area contributed by atoms with Crippen molar-refractivity contribution in [2.45, 2.75) is 33.1 Å². The zero-order valence-corrected chi connectivity index (χ0v) is 11.0. The highest BCUT2D eigenvalue weighted by Gasteiger charge is 2.01. The average Bonchev–Trinajstić information content (AvgIpc) is 2.24. The van der Waals surface area contributed by atoms with Gasteiger partial charge in [-0.1, -0.05) is 19.4 Å². The summed E-state index contributed by atoms with van der Waals surface area (Å²) in [5.41, 5.74) is 3.97. The molecule has 0 aromatic rings. The number of hydrogen-bond donors (Lipinski definition) is 2. The van der Waals surface area contributed by atoms with Gasteiger partial charge in [0.05, 0.1) is 0 Å². The summed E-state index contributed by atoms with van der Waals surface area (Å²) in [7, 11) is 3.91. The second kappa shape index (κ2) is 9.36. The Hall–Kier alpha value is -0.870. The Morgan fingerprint density at radius 1 is 1.31 bits per heavy atom. The monoisotopic (exact) mass is 227 g/mol. The lowest BCUT2D eigenvalue weighted by atomic mass is 10.2. The van der Waals surface area contributed by atoms with Crippen LogP contribution in [0.2, 0.25) is 0 Å². The van der Waals surface area contributed by atoms with Crippen LogP contribution in [0.1, 0.15) is 33.1 Å². The van der Waals surface area contributed by atoms with Gasteiger partial charge in [-0.05, 0) is 19.8 Å². The number of hydrazine groups is 1. The minimum Gasteiger partial charge on any atom is -0.352 e. The lowest BCUT2D eigenvalue weighted by Crippen LogP contribution is -2.33. The fourth-order valence-electron chi connectivity index (χ4n) is 1.19. The van der Waals surface area contributed by atoms with E-state index in [9.17, 15) is 4.79 Å². The van der Waals surface area contributed by atoms with E-state index in [4.69, 9.17) is 0 Å². The van der Waals surface area contributed by atoms with Crippen molar-refractivity contribution in [3.63, 3.8) is 0 Å². The molecule has 0 rings (SSSR count). The third-order valence-corrected chi connectivity index (χ3v) is 2.16. The predicted octanol–water partition coefficient (Wildman–Crippen LogP) is 1.31. The number of unbranched alkanes of at least 4 members (excludes halogenated alkanes) is 1. The van der Waals surface area contributed by atoms with E-state index in [1.807, 2.05) is 32.1 Å². The summed E-state index contributed by atoms with van der Waals surface area (Å²) < 4.78 is 0. The highest BCUT2D eigenvalue weighted by molar-refractivity contribution is 5.92. The zero-order chi connectivity index (χ0) is 12.4. The molecule has 4 heteroatoms. The summed E-state index contributed by atoms with van der Waals surface area (Å²) in [5.74, 6) is 0.0540. The van der Waals surface area contributed by atoms with Gasteiger partial charge in [0.2, 0.25) is 5.91 Å². The van der Waals surface area contributed by atoms with Crippen LogP contribution in [-0.2, 0) is 4.79 Å². The first-order chi connectivity index (χ1) is 7.57. The minimum absolute atomic E-state index is 0.0540. The molecule has 0 fully saturated rings. The molecule has 0 radical (unpaired) electrons. The molecular formula is C12H25N3O. The third kappa shape index (κ3) is 8.44. The molecule has 4 nitrogen and oxygen atoms in total. The van der Waals surface area contributed by atoms with Crippen molar-refractivity contribution in [1.29, 1.82) is 0 Å². The molecule has 0 saturated heterocycles. The molecule has 94 valence electrons. The van der Waals surface area contributed by atoms with E-state index in [1.54, 1.807) is 0 Å². The Morgan fingerprint density at radius 3 is 2.56 bits per heavy atom. The summed E-state index contributed by atoms with van der Waals surface area (Å²) in [6.45, 7) is 5.57. The van der Waals surface area contributed by atoms with Crippen LogP contribution in [-0.4, -0.2) is 38.1 Å². The van der Waals surface area contributed by atoms with E-state index in [0.29, 0.717) is 0 Å². The molecule has 2 N–H and O–H groups in total. The van der Waals surface area contributed by atoms with Crippen molar-refractivity contribution < 1.29 is 4.79 Å². The smallest absolute Gasteiger partial charge is 0.246 e. The van der Waals surface area contributed by atoms with Gasteiger partial charge in [0.1, 0.15) is 0 Å². The van der Waals surface area contributed by atoms with E-state index >= 15 is 0 Å². The van der Waals surface area contributed by atoms with Crippen LogP contribution in [0.25, 0.3) is 0 Å². The molecule has 0 heterocycles. The maximum atomic E-state index is 11.5. The standard InChI is InChI=1S/C12H25N3O/c1-5-6-8-11(2)12(16)13-9-7-10-14-15(3)4/h8,14H,5-7,9-10H2,1-4H3,(H,13,16). The van der Waals surface area contributed by atoms with Crippen molar-refractivity contribution in [2.75, 3.05) is 27.2 Å². The molecule has 16 heavy (non-hydrogen) atoms. The van der Waals surface area contributed by atoms with Crippen LogP contribution < -0.4 is 10.7 Å². The maximum absolute atomic E-state index is 11.5. The van der Waals surface area contributed by atoms with Gasteiger partial charge in [0, 0.05) is 32.8 Å². The molecule has 0 atom stereocenters. The van der Waals surface area contributed by atoms with Crippen molar-refractivity contribution >= 4 is 5.91 Å². The number of nitrogens with one attached hydrogen (secondary N) is 2. The van der Waals surface area contributed by atoms with Crippen molar-refractivity contribution in [3.05, 3.63) is 11.6 Å². The molecule has 0 aromatic carbocycles.